The van der Waals surface area contributed by atoms with Gasteiger partial charge in [-0.2, -0.15) is 0 Å². The zero-order valence-corrected chi connectivity index (χ0v) is 17.3. The van der Waals surface area contributed by atoms with Crippen molar-refractivity contribution in [2.75, 3.05) is 19.8 Å². The first kappa shape index (κ1) is 21.8. The fourth-order valence-corrected chi connectivity index (χ4v) is 4.27. The molecule has 2 unspecified atom stereocenters. The lowest BCUT2D eigenvalue weighted by molar-refractivity contribution is -0.122. The van der Waals surface area contributed by atoms with Crippen molar-refractivity contribution in [3.05, 3.63) is 23.8 Å². The van der Waals surface area contributed by atoms with Gasteiger partial charge in [-0.25, -0.2) is 0 Å². The van der Waals surface area contributed by atoms with Crippen LogP contribution in [0.2, 0.25) is 0 Å². The minimum Gasteiger partial charge on any atom is -0.490 e. The molecule has 2 aliphatic rings. The number of ether oxygens (including phenoxy) is 2. The van der Waals surface area contributed by atoms with Crippen LogP contribution >= 0.6 is 12.4 Å². The molecule has 1 aromatic carbocycles. The first-order chi connectivity index (χ1) is 12.7. The number of benzene rings is 1. The lowest BCUT2D eigenvalue weighted by atomic mass is 9.89. The minimum atomic E-state index is 0. The number of fused-ring (bicyclic) bond motifs is 2. The van der Waals surface area contributed by atoms with Crippen LogP contribution in [0.5, 0.6) is 11.5 Å². The van der Waals surface area contributed by atoms with Crippen LogP contribution in [-0.4, -0.2) is 37.7 Å². The summed E-state index contributed by atoms with van der Waals surface area (Å²) >= 11 is 0. The van der Waals surface area contributed by atoms with Gasteiger partial charge in [-0.1, -0.05) is 6.07 Å². The summed E-state index contributed by atoms with van der Waals surface area (Å²) in [5, 5.41) is 6.72. The first-order valence-corrected chi connectivity index (χ1v) is 10.1. The molecule has 2 atom stereocenters. The van der Waals surface area contributed by atoms with E-state index in [0.717, 1.165) is 36.3 Å². The third-order valence-electron chi connectivity index (χ3n) is 5.39. The Morgan fingerprint density at radius 1 is 1.11 bits per heavy atom. The molecule has 2 saturated heterocycles. The van der Waals surface area contributed by atoms with Crippen LogP contribution in [-0.2, 0) is 11.2 Å². The maximum absolute atomic E-state index is 12.3. The van der Waals surface area contributed by atoms with Gasteiger partial charge in [-0.3, -0.25) is 4.79 Å². The quantitative estimate of drug-likeness (QED) is 0.670. The van der Waals surface area contributed by atoms with Crippen molar-refractivity contribution in [1.29, 1.82) is 0 Å². The summed E-state index contributed by atoms with van der Waals surface area (Å²) in [5.41, 5.74) is 1.15. The molecule has 0 spiro atoms. The van der Waals surface area contributed by atoms with Gasteiger partial charge in [0.25, 0.3) is 0 Å². The van der Waals surface area contributed by atoms with Crippen LogP contribution < -0.4 is 20.1 Å². The van der Waals surface area contributed by atoms with Crippen LogP contribution in [0.4, 0.5) is 0 Å². The third-order valence-corrected chi connectivity index (χ3v) is 5.39. The standard InChI is InChI=1S/C21H32N2O3.ClH/c1-3-25-19-8-5-15(13-20(19)26-4-2)9-10-22-21(24)14-16-11-17-6-7-18(12-16)23-17;/h5,8,13,16-18,23H,3-4,6-7,9-12,14H2,1-2H3,(H,22,24);1H. The molecule has 0 radical (unpaired) electrons. The predicted molar refractivity (Wildman–Crippen MR) is 110 cm³/mol. The van der Waals surface area contributed by atoms with Gasteiger partial charge < -0.3 is 20.1 Å². The SMILES string of the molecule is CCOc1ccc(CCNC(=O)CC2CC3CCC(C2)N3)cc1OCC.Cl. The average molecular weight is 397 g/mol. The molecule has 5 nitrogen and oxygen atoms in total. The molecule has 1 amide bonds. The first-order valence-electron chi connectivity index (χ1n) is 10.1. The van der Waals surface area contributed by atoms with Crippen molar-refractivity contribution in [2.45, 2.75) is 64.5 Å². The van der Waals surface area contributed by atoms with Crippen LogP contribution in [0.3, 0.4) is 0 Å². The summed E-state index contributed by atoms with van der Waals surface area (Å²) in [6.07, 6.45) is 6.34. The highest BCUT2D eigenvalue weighted by molar-refractivity contribution is 5.85. The van der Waals surface area contributed by atoms with Gasteiger partial charge in [0, 0.05) is 25.0 Å². The van der Waals surface area contributed by atoms with Gasteiger partial charge >= 0.3 is 0 Å². The second-order valence-electron chi connectivity index (χ2n) is 7.43. The maximum atomic E-state index is 12.3. The fraction of sp³-hybridized carbons (Fsp3) is 0.667. The van der Waals surface area contributed by atoms with E-state index in [-0.39, 0.29) is 18.3 Å². The number of carbonyl (C=O) groups is 1. The normalized spacial score (nSPS) is 23.4. The molecular formula is C21H33ClN2O3. The van der Waals surface area contributed by atoms with Crippen molar-refractivity contribution >= 4 is 18.3 Å². The zero-order valence-electron chi connectivity index (χ0n) is 16.5. The Morgan fingerprint density at radius 2 is 1.78 bits per heavy atom. The van der Waals surface area contributed by atoms with Crippen molar-refractivity contribution in [3.63, 3.8) is 0 Å². The summed E-state index contributed by atoms with van der Waals surface area (Å²) in [5.74, 6) is 2.29. The lowest BCUT2D eigenvalue weighted by Gasteiger charge is -2.28. The summed E-state index contributed by atoms with van der Waals surface area (Å²) in [7, 11) is 0. The number of carbonyl (C=O) groups excluding carboxylic acids is 1. The molecule has 2 aliphatic heterocycles. The van der Waals surface area contributed by atoms with Crippen molar-refractivity contribution in [2.24, 2.45) is 5.92 Å². The zero-order chi connectivity index (χ0) is 18.4. The molecule has 2 bridgehead atoms. The second-order valence-corrected chi connectivity index (χ2v) is 7.43. The lowest BCUT2D eigenvalue weighted by Crippen LogP contribution is -2.39. The molecule has 0 saturated carbocycles. The molecule has 1 aromatic rings. The second kappa shape index (κ2) is 10.8. The van der Waals surface area contributed by atoms with Crippen molar-refractivity contribution in [3.8, 4) is 11.5 Å². The van der Waals surface area contributed by atoms with E-state index in [0.29, 0.717) is 44.2 Å². The van der Waals surface area contributed by atoms with Gasteiger partial charge in [-0.15, -0.1) is 12.4 Å². The monoisotopic (exact) mass is 396 g/mol. The van der Waals surface area contributed by atoms with Crippen LogP contribution in [0.15, 0.2) is 18.2 Å². The number of piperidine rings is 1. The van der Waals surface area contributed by atoms with E-state index in [9.17, 15) is 4.79 Å². The third kappa shape index (κ3) is 6.28. The van der Waals surface area contributed by atoms with E-state index in [1.54, 1.807) is 0 Å². The van der Waals surface area contributed by atoms with Gasteiger partial charge in [0.1, 0.15) is 0 Å². The number of hydrogen-bond donors (Lipinski definition) is 2. The van der Waals surface area contributed by atoms with Crippen LogP contribution in [0.1, 0.15) is 51.5 Å². The number of amides is 1. The Labute approximate surface area is 169 Å². The van der Waals surface area contributed by atoms with E-state index in [1.807, 2.05) is 32.0 Å². The highest BCUT2D eigenvalue weighted by atomic mass is 35.5. The van der Waals surface area contributed by atoms with E-state index in [4.69, 9.17) is 9.47 Å². The smallest absolute Gasteiger partial charge is 0.220 e. The largest absolute Gasteiger partial charge is 0.490 e. The predicted octanol–water partition coefficient (Wildman–Crippen LogP) is 3.49. The fourth-order valence-electron chi connectivity index (χ4n) is 4.27. The topological polar surface area (TPSA) is 59.6 Å². The Balaban J connectivity index is 0.00000261. The molecule has 0 aliphatic carbocycles. The van der Waals surface area contributed by atoms with Gasteiger partial charge in [-0.05, 0) is 69.6 Å². The summed E-state index contributed by atoms with van der Waals surface area (Å²) in [6, 6.07) is 7.31. The van der Waals surface area contributed by atoms with E-state index in [2.05, 4.69) is 10.6 Å². The highest BCUT2D eigenvalue weighted by Gasteiger charge is 2.34. The molecule has 27 heavy (non-hydrogen) atoms. The van der Waals surface area contributed by atoms with E-state index < -0.39 is 0 Å². The van der Waals surface area contributed by atoms with Crippen LogP contribution in [0.25, 0.3) is 0 Å². The summed E-state index contributed by atoms with van der Waals surface area (Å²) < 4.78 is 11.3. The van der Waals surface area contributed by atoms with Crippen LogP contribution in [0, 0.1) is 5.92 Å². The van der Waals surface area contributed by atoms with Crippen molar-refractivity contribution < 1.29 is 14.3 Å². The molecule has 0 aromatic heterocycles. The number of hydrogen-bond acceptors (Lipinski definition) is 4. The molecule has 2 N–H and O–H groups in total. The highest BCUT2D eigenvalue weighted by Crippen LogP contribution is 2.32. The number of rotatable bonds is 9. The van der Waals surface area contributed by atoms with Gasteiger partial charge in [0.15, 0.2) is 11.5 Å². The summed E-state index contributed by atoms with van der Waals surface area (Å²) in [6.45, 7) is 5.82. The van der Waals surface area contributed by atoms with Gasteiger partial charge in [0.2, 0.25) is 5.91 Å². The Kier molecular flexibility index (Phi) is 8.71. The molecule has 152 valence electrons. The average Bonchev–Trinajstić information content (AvgIpc) is 2.96. The molecular weight excluding hydrogens is 364 g/mol. The molecule has 3 rings (SSSR count). The Hall–Kier alpha value is -1.46. The number of halogens is 1. The van der Waals surface area contributed by atoms with E-state index >= 15 is 0 Å². The Bertz CT molecular complexity index is 599. The Morgan fingerprint density at radius 3 is 2.44 bits per heavy atom. The maximum Gasteiger partial charge on any atom is 0.220 e. The van der Waals surface area contributed by atoms with E-state index in [1.165, 1.54) is 12.8 Å². The summed E-state index contributed by atoms with van der Waals surface area (Å²) in [4.78, 5) is 12.3. The molecule has 2 fully saturated rings. The minimum absolute atomic E-state index is 0. The van der Waals surface area contributed by atoms with Crippen molar-refractivity contribution in [1.82, 2.24) is 10.6 Å². The number of nitrogens with one attached hydrogen (secondary N) is 2. The molecule has 6 heteroatoms. The van der Waals surface area contributed by atoms with Gasteiger partial charge in [0.05, 0.1) is 13.2 Å². The molecule has 2 heterocycles.